The second-order valence-corrected chi connectivity index (χ2v) is 7.16. The summed E-state index contributed by atoms with van der Waals surface area (Å²) in [5.74, 6) is 0.636. The second kappa shape index (κ2) is 7.81. The zero-order chi connectivity index (χ0) is 19.7. The van der Waals surface area contributed by atoms with Gasteiger partial charge in [-0.15, -0.1) is 0 Å². The molecule has 1 saturated heterocycles. The summed E-state index contributed by atoms with van der Waals surface area (Å²) in [5.41, 5.74) is 1.58. The van der Waals surface area contributed by atoms with Gasteiger partial charge in [-0.05, 0) is 12.1 Å². The molecular weight excluding hydrogens is 403 g/mol. The SMILES string of the molecule is COc1cc(N2CCN(C(=O)Cn3ncc4c(Cl)ncnc43)CC2)ccc1Cl. The monoisotopic (exact) mass is 420 g/mol. The molecule has 0 saturated carbocycles. The van der Waals surface area contributed by atoms with Crippen LogP contribution in [0, 0.1) is 0 Å². The van der Waals surface area contributed by atoms with E-state index in [1.165, 1.54) is 6.33 Å². The van der Waals surface area contributed by atoms with Crippen molar-refractivity contribution in [2.75, 3.05) is 38.2 Å². The van der Waals surface area contributed by atoms with E-state index in [0.29, 0.717) is 40.0 Å². The fraction of sp³-hybridized carbons (Fsp3) is 0.333. The van der Waals surface area contributed by atoms with Crippen molar-refractivity contribution in [2.24, 2.45) is 0 Å². The third kappa shape index (κ3) is 3.57. The van der Waals surface area contributed by atoms with Crippen molar-refractivity contribution in [1.29, 1.82) is 0 Å². The summed E-state index contributed by atoms with van der Waals surface area (Å²) in [6.45, 7) is 2.82. The Morgan fingerprint density at radius 3 is 2.71 bits per heavy atom. The third-order valence-electron chi connectivity index (χ3n) is 4.80. The maximum atomic E-state index is 12.7. The van der Waals surface area contributed by atoms with Gasteiger partial charge in [-0.25, -0.2) is 14.6 Å². The zero-order valence-electron chi connectivity index (χ0n) is 15.2. The van der Waals surface area contributed by atoms with Crippen molar-refractivity contribution in [3.05, 3.63) is 40.9 Å². The number of fused-ring (bicyclic) bond motifs is 1. The van der Waals surface area contributed by atoms with Crippen molar-refractivity contribution in [2.45, 2.75) is 6.54 Å². The number of amides is 1. The summed E-state index contributed by atoms with van der Waals surface area (Å²) in [6.07, 6.45) is 2.95. The Hall–Kier alpha value is -2.58. The van der Waals surface area contributed by atoms with Gasteiger partial charge in [0.1, 0.15) is 23.8 Å². The minimum atomic E-state index is -0.00642. The molecule has 1 aromatic carbocycles. The van der Waals surface area contributed by atoms with E-state index >= 15 is 0 Å². The second-order valence-electron chi connectivity index (χ2n) is 6.39. The first-order valence-corrected chi connectivity index (χ1v) is 9.50. The Balaban J connectivity index is 1.40. The summed E-state index contributed by atoms with van der Waals surface area (Å²) in [4.78, 5) is 24.9. The van der Waals surface area contributed by atoms with Crippen LogP contribution >= 0.6 is 23.2 Å². The van der Waals surface area contributed by atoms with Gasteiger partial charge < -0.3 is 14.5 Å². The Bertz CT molecular complexity index is 1020. The highest BCUT2D eigenvalue weighted by Gasteiger charge is 2.23. The number of methoxy groups -OCH3 is 1. The fourth-order valence-corrected chi connectivity index (χ4v) is 3.64. The highest BCUT2D eigenvalue weighted by Crippen LogP contribution is 2.29. The summed E-state index contributed by atoms with van der Waals surface area (Å²) >= 11 is 12.1. The number of carbonyl (C=O) groups is 1. The molecule has 3 aromatic rings. The van der Waals surface area contributed by atoms with Gasteiger partial charge in [0.2, 0.25) is 5.91 Å². The van der Waals surface area contributed by atoms with Crippen LogP contribution in [-0.4, -0.2) is 63.8 Å². The van der Waals surface area contributed by atoms with Crippen LogP contribution in [0.1, 0.15) is 0 Å². The Labute approximate surface area is 171 Å². The Morgan fingerprint density at radius 1 is 1.18 bits per heavy atom. The first kappa shape index (κ1) is 18.8. The molecule has 1 fully saturated rings. The molecule has 2 aromatic heterocycles. The quantitative estimate of drug-likeness (QED) is 0.603. The molecule has 10 heteroatoms. The zero-order valence-corrected chi connectivity index (χ0v) is 16.7. The summed E-state index contributed by atoms with van der Waals surface area (Å²) in [7, 11) is 1.60. The molecule has 8 nitrogen and oxygen atoms in total. The Morgan fingerprint density at radius 2 is 1.96 bits per heavy atom. The molecule has 0 radical (unpaired) electrons. The van der Waals surface area contributed by atoms with E-state index in [4.69, 9.17) is 27.9 Å². The average Bonchev–Trinajstić information content (AvgIpc) is 3.13. The maximum Gasteiger partial charge on any atom is 0.244 e. The predicted molar refractivity (Wildman–Crippen MR) is 107 cm³/mol. The van der Waals surface area contributed by atoms with Crippen molar-refractivity contribution < 1.29 is 9.53 Å². The topological polar surface area (TPSA) is 76.4 Å². The first-order valence-electron chi connectivity index (χ1n) is 8.75. The van der Waals surface area contributed by atoms with E-state index in [2.05, 4.69) is 20.0 Å². The van der Waals surface area contributed by atoms with Gasteiger partial charge in [0, 0.05) is 37.9 Å². The summed E-state index contributed by atoms with van der Waals surface area (Å²) in [6, 6.07) is 5.70. The van der Waals surface area contributed by atoms with Crippen molar-refractivity contribution in [1.82, 2.24) is 24.6 Å². The van der Waals surface area contributed by atoms with Crippen LogP contribution in [-0.2, 0) is 11.3 Å². The van der Waals surface area contributed by atoms with Crippen LogP contribution in [0.4, 0.5) is 5.69 Å². The fourth-order valence-electron chi connectivity index (χ4n) is 3.27. The number of anilines is 1. The van der Waals surface area contributed by atoms with Gasteiger partial charge in [-0.2, -0.15) is 5.10 Å². The molecule has 4 rings (SSSR count). The number of rotatable bonds is 4. The van der Waals surface area contributed by atoms with Crippen LogP contribution in [0.15, 0.2) is 30.7 Å². The van der Waals surface area contributed by atoms with Crippen molar-refractivity contribution in [3.8, 4) is 5.75 Å². The lowest BCUT2D eigenvalue weighted by Crippen LogP contribution is -2.49. The number of hydrogen-bond acceptors (Lipinski definition) is 6. The van der Waals surface area contributed by atoms with E-state index in [0.717, 1.165) is 18.8 Å². The number of ether oxygens (including phenoxy) is 1. The molecule has 146 valence electrons. The minimum Gasteiger partial charge on any atom is -0.495 e. The van der Waals surface area contributed by atoms with E-state index in [1.54, 1.807) is 18.0 Å². The smallest absolute Gasteiger partial charge is 0.244 e. The van der Waals surface area contributed by atoms with Gasteiger partial charge in [0.05, 0.1) is 23.7 Å². The number of aromatic nitrogens is 4. The van der Waals surface area contributed by atoms with Gasteiger partial charge >= 0.3 is 0 Å². The van der Waals surface area contributed by atoms with E-state index in [-0.39, 0.29) is 12.5 Å². The van der Waals surface area contributed by atoms with Gasteiger partial charge in [-0.1, -0.05) is 23.2 Å². The lowest BCUT2D eigenvalue weighted by molar-refractivity contribution is -0.132. The summed E-state index contributed by atoms with van der Waals surface area (Å²) < 4.78 is 6.84. The van der Waals surface area contributed by atoms with Crippen LogP contribution in [0.25, 0.3) is 11.0 Å². The molecule has 0 N–H and O–H groups in total. The normalized spacial score (nSPS) is 14.5. The van der Waals surface area contributed by atoms with Crippen molar-refractivity contribution >= 4 is 45.8 Å². The van der Waals surface area contributed by atoms with Crippen LogP contribution < -0.4 is 9.64 Å². The lowest BCUT2D eigenvalue weighted by atomic mass is 10.2. The molecule has 0 atom stereocenters. The molecule has 1 aliphatic rings. The van der Waals surface area contributed by atoms with Crippen LogP contribution in [0.3, 0.4) is 0 Å². The van der Waals surface area contributed by atoms with Crippen LogP contribution in [0.2, 0.25) is 10.2 Å². The van der Waals surface area contributed by atoms with Crippen molar-refractivity contribution in [3.63, 3.8) is 0 Å². The maximum absolute atomic E-state index is 12.7. The molecular formula is C18H18Cl2N6O2. The standard InChI is InChI=1S/C18H18Cl2N6O2/c1-28-15-8-12(2-3-14(15)19)24-4-6-25(7-5-24)16(27)10-26-18-13(9-23-26)17(20)21-11-22-18/h2-3,8-9,11H,4-7,10H2,1H3. The number of nitrogens with zero attached hydrogens (tertiary/aromatic N) is 6. The minimum absolute atomic E-state index is 0.00642. The number of hydrogen-bond donors (Lipinski definition) is 0. The largest absolute Gasteiger partial charge is 0.495 e. The number of carbonyl (C=O) groups excluding carboxylic acids is 1. The highest BCUT2D eigenvalue weighted by molar-refractivity contribution is 6.33. The summed E-state index contributed by atoms with van der Waals surface area (Å²) in [5, 5.41) is 5.77. The van der Waals surface area contributed by atoms with Gasteiger partial charge in [0.15, 0.2) is 5.65 Å². The van der Waals surface area contributed by atoms with E-state index < -0.39 is 0 Å². The number of benzene rings is 1. The molecule has 1 aliphatic heterocycles. The Kier molecular flexibility index (Phi) is 5.23. The highest BCUT2D eigenvalue weighted by atomic mass is 35.5. The molecule has 0 spiro atoms. The number of piperazine rings is 1. The molecule has 28 heavy (non-hydrogen) atoms. The average molecular weight is 421 g/mol. The molecule has 0 unspecified atom stereocenters. The van der Waals surface area contributed by atoms with Gasteiger partial charge in [0.25, 0.3) is 0 Å². The van der Waals surface area contributed by atoms with E-state index in [1.807, 2.05) is 23.1 Å². The van der Waals surface area contributed by atoms with E-state index in [9.17, 15) is 4.79 Å². The van der Waals surface area contributed by atoms with Crippen LogP contribution in [0.5, 0.6) is 5.75 Å². The first-order chi connectivity index (χ1) is 13.6. The molecule has 3 heterocycles. The predicted octanol–water partition coefficient (Wildman–Crippen LogP) is 2.49. The third-order valence-corrected chi connectivity index (χ3v) is 5.42. The number of halogens is 2. The molecule has 0 aliphatic carbocycles. The lowest BCUT2D eigenvalue weighted by Gasteiger charge is -2.36. The molecule has 0 bridgehead atoms. The molecule has 1 amide bonds. The van der Waals surface area contributed by atoms with Gasteiger partial charge in [-0.3, -0.25) is 4.79 Å².